The molecule has 1 aliphatic carbocycles. The summed E-state index contributed by atoms with van der Waals surface area (Å²) < 4.78 is 20.4. The number of unbranched alkanes of at least 4 members (excludes halogenated alkanes) is 4. The predicted molar refractivity (Wildman–Crippen MR) is 331 cm³/mol. The molecule has 4 aromatic carbocycles. The number of hydrogen-bond acceptors (Lipinski definition) is 12. The minimum atomic E-state index is -1.41. The van der Waals surface area contributed by atoms with Gasteiger partial charge in [-0.05, 0) is 137 Å². The summed E-state index contributed by atoms with van der Waals surface area (Å²) >= 11 is 7.63. The van der Waals surface area contributed by atoms with Crippen molar-refractivity contribution in [2.75, 3.05) is 77.0 Å². The zero-order valence-electron chi connectivity index (χ0n) is 48.2. The highest BCUT2D eigenvalue weighted by Crippen LogP contribution is 2.42. The average Bonchev–Trinajstić information content (AvgIpc) is 3.65. The van der Waals surface area contributed by atoms with Gasteiger partial charge in [-0.15, -0.1) is 0 Å². The van der Waals surface area contributed by atoms with Crippen LogP contribution >= 0.6 is 24.0 Å². The van der Waals surface area contributed by atoms with E-state index in [9.17, 15) is 29.1 Å². The van der Waals surface area contributed by atoms with E-state index in [0.717, 1.165) is 52.9 Å². The topological polar surface area (TPSA) is 230 Å². The molecule has 2 saturated heterocycles. The molecule has 4 aromatic rings. The second kappa shape index (κ2) is 29.4. The molecule has 0 aromatic heterocycles. The number of anilines is 2. The summed E-state index contributed by atoms with van der Waals surface area (Å²) in [5, 5.41) is 36.6. The summed E-state index contributed by atoms with van der Waals surface area (Å²) in [4.78, 5) is 66.6. The number of urea groups is 1. The Bertz CT molecular complexity index is 3350. The maximum atomic E-state index is 13.8. The first-order valence-corrected chi connectivity index (χ1v) is 30.0. The van der Waals surface area contributed by atoms with E-state index in [1.54, 1.807) is 12.1 Å². The van der Waals surface area contributed by atoms with Crippen molar-refractivity contribution in [3.05, 3.63) is 125 Å². The number of thioether (sulfide) groups is 1. The van der Waals surface area contributed by atoms with Gasteiger partial charge in [0.1, 0.15) is 56.2 Å². The highest BCUT2D eigenvalue weighted by molar-refractivity contribution is 8.00. The van der Waals surface area contributed by atoms with Crippen molar-refractivity contribution < 1.29 is 43.0 Å². The molecule has 3 aliphatic heterocycles. The number of amides is 5. The van der Waals surface area contributed by atoms with Gasteiger partial charge >= 0.3 is 6.03 Å². The molecule has 18 nitrogen and oxygen atoms in total. The van der Waals surface area contributed by atoms with Crippen LogP contribution < -0.4 is 66.6 Å². The number of carbonyl (C=O) groups excluding carboxylic acids is 5. The fraction of sp³-hybridized carbons (Fsp3) is 0.413. The first-order valence-electron chi connectivity index (χ1n) is 28.6. The number of carbonyl (C=O) groups is 5. The second-order valence-corrected chi connectivity index (χ2v) is 23.3. The minimum absolute atomic E-state index is 0.00378. The number of ether oxygens (including phenoxy) is 2. The molecule has 0 bridgehead atoms. The number of benzene rings is 5. The number of para-hydroxylation sites is 1. The molecule has 83 heavy (non-hydrogen) atoms. The van der Waals surface area contributed by atoms with Crippen molar-refractivity contribution >= 4 is 81.2 Å². The fourth-order valence-electron chi connectivity index (χ4n) is 10.4. The molecule has 440 valence electrons. The molecule has 20 heteroatoms. The zero-order valence-corrected chi connectivity index (χ0v) is 49.9. The molecule has 4 atom stereocenters. The van der Waals surface area contributed by atoms with Crippen LogP contribution in [0.1, 0.15) is 96.1 Å². The lowest BCUT2D eigenvalue weighted by molar-refractivity contribution is -0.255. The summed E-state index contributed by atoms with van der Waals surface area (Å²) in [5.41, 5.74) is 6.02. The molecule has 4 aliphatic rings. The largest absolute Gasteiger partial charge is 0.545 e. The molecule has 0 saturated carbocycles. The van der Waals surface area contributed by atoms with Crippen LogP contribution in [0.2, 0.25) is 0 Å². The number of rotatable bonds is 28. The van der Waals surface area contributed by atoms with Gasteiger partial charge in [-0.1, -0.05) is 36.8 Å². The van der Waals surface area contributed by atoms with Crippen LogP contribution in [0.5, 0.6) is 11.5 Å². The number of thiocarbonyl (C=S) groups is 1. The number of carboxylic acid groups (broad SMARTS) is 1. The SMILES string of the molecule is Cc1ccccc1OCCOc1cc(NC(=S)NC(CCCCNC(=O)CCCCC2SCC3NC(=O)NC32)C(=O)NCCCCCNC(=O)c2ccc(-c3c4ccc(=[N+](C)C)cc-4oc4cc(N(C)C)ccc34)c(C(=O)[O-])c2)ccc1C. The normalized spacial score (nSPS) is 15.6. The molecule has 0 radical (unpaired) electrons. The van der Waals surface area contributed by atoms with Gasteiger partial charge < -0.3 is 65.9 Å². The van der Waals surface area contributed by atoms with E-state index >= 15 is 0 Å². The summed E-state index contributed by atoms with van der Waals surface area (Å²) in [7, 11) is 7.74. The summed E-state index contributed by atoms with van der Waals surface area (Å²) in [5.74, 6) is 0.918. The van der Waals surface area contributed by atoms with E-state index in [4.69, 9.17) is 26.1 Å². The van der Waals surface area contributed by atoms with E-state index in [1.165, 1.54) is 6.07 Å². The smallest absolute Gasteiger partial charge is 0.315 e. The van der Waals surface area contributed by atoms with E-state index in [2.05, 4.69) is 37.2 Å². The third-order valence-electron chi connectivity index (χ3n) is 15.0. The first kappa shape index (κ1) is 61.2. The van der Waals surface area contributed by atoms with Crippen LogP contribution in [0, 0.1) is 13.8 Å². The number of nitrogens with one attached hydrogen (secondary N) is 7. The molecule has 7 N–H and O–H groups in total. The van der Waals surface area contributed by atoms with Crippen molar-refractivity contribution in [1.29, 1.82) is 0 Å². The molecule has 4 unspecified atom stereocenters. The molecular formula is C63H77N9O9S2. The van der Waals surface area contributed by atoms with Crippen molar-refractivity contribution in [3.8, 4) is 33.9 Å². The van der Waals surface area contributed by atoms with Gasteiger partial charge in [-0.2, -0.15) is 11.8 Å². The lowest BCUT2D eigenvalue weighted by Gasteiger charge is -2.21. The van der Waals surface area contributed by atoms with Crippen LogP contribution in [0.25, 0.3) is 33.4 Å². The van der Waals surface area contributed by atoms with E-state index in [1.807, 2.05) is 142 Å². The second-order valence-electron chi connectivity index (χ2n) is 21.6. The van der Waals surface area contributed by atoms with Crippen molar-refractivity contribution in [2.45, 2.75) is 101 Å². The zero-order chi connectivity index (χ0) is 59.0. The van der Waals surface area contributed by atoms with Gasteiger partial charge in [0.25, 0.3) is 5.91 Å². The Morgan fingerprint density at radius 3 is 2.30 bits per heavy atom. The average molecular weight is 1170 g/mol. The molecule has 0 spiro atoms. The van der Waals surface area contributed by atoms with Gasteiger partial charge in [-0.3, -0.25) is 14.4 Å². The Hall–Kier alpha value is -7.84. The van der Waals surface area contributed by atoms with Crippen molar-refractivity contribution in [3.63, 3.8) is 0 Å². The number of fused-ring (bicyclic) bond motifs is 3. The third-order valence-corrected chi connectivity index (χ3v) is 16.7. The minimum Gasteiger partial charge on any atom is -0.545 e. The Morgan fingerprint density at radius 1 is 0.795 bits per heavy atom. The first-order chi connectivity index (χ1) is 40.0. The van der Waals surface area contributed by atoms with Gasteiger partial charge in [0.05, 0.1) is 24.1 Å². The summed E-state index contributed by atoms with van der Waals surface area (Å²) in [6.45, 7) is 5.86. The van der Waals surface area contributed by atoms with E-state index in [-0.39, 0.29) is 46.2 Å². The lowest BCUT2D eigenvalue weighted by Crippen LogP contribution is -2.48. The Labute approximate surface area is 495 Å². The number of aryl methyl sites for hydroxylation is 2. The summed E-state index contributed by atoms with van der Waals surface area (Å²) in [6.07, 6.45) is 6.76. The van der Waals surface area contributed by atoms with Crippen molar-refractivity contribution in [2.24, 2.45) is 0 Å². The predicted octanol–water partition coefficient (Wildman–Crippen LogP) is 7.12. The van der Waals surface area contributed by atoms with E-state index in [0.29, 0.717) is 128 Å². The van der Waals surface area contributed by atoms with Crippen molar-refractivity contribution in [1.82, 2.24) is 36.5 Å². The quantitative estimate of drug-likeness (QED) is 0.00853. The Balaban J connectivity index is 0.818. The number of nitrogens with zero attached hydrogens (tertiary/aromatic N) is 2. The molecule has 3 heterocycles. The highest BCUT2D eigenvalue weighted by atomic mass is 32.2. The fourth-order valence-corrected chi connectivity index (χ4v) is 12.2. The van der Waals surface area contributed by atoms with Gasteiger partial charge in [0.15, 0.2) is 5.11 Å². The molecule has 2 fully saturated rings. The lowest BCUT2D eigenvalue weighted by atomic mass is 9.89. The number of hydrogen-bond donors (Lipinski definition) is 7. The maximum absolute atomic E-state index is 13.8. The number of carboxylic acids is 1. The van der Waals surface area contributed by atoms with Crippen LogP contribution in [0.3, 0.4) is 0 Å². The van der Waals surface area contributed by atoms with Crippen LogP contribution in [0.15, 0.2) is 101 Å². The standard InChI is InChI=1S/C63H77N9O9S2/c1-39-16-8-9-18-51(39)79-32-33-80-52-35-42(23-21-40(52)2)67-63(82)69-49(17-12-15-29-64-56(73)20-11-10-19-55-58-50(38-83-55)68-62(78)70-58)60(75)66-31-14-7-13-30-65-59(74)41-22-26-45(48(34-41)61(76)77)57-46-27-24-43(71(3)4)36-53(46)81-54-37-44(72(5)6)25-28-47(54)57/h8-9,16,18,21-28,34-37,49-50,55,58H,7,10-15,17,19-20,29-33,38H2,1-6H3,(H7-,64,65,66,67,68,69,70,73,74,75,76,77,78,82). The molecule has 5 amide bonds. The van der Waals surface area contributed by atoms with Gasteiger partial charge in [0.2, 0.25) is 17.2 Å². The Morgan fingerprint density at radius 2 is 1.53 bits per heavy atom. The number of aromatic carboxylic acids is 1. The van der Waals surface area contributed by atoms with Crippen LogP contribution in [-0.4, -0.2) is 125 Å². The monoisotopic (exact) mass is 1170 g/mol. The highest BCUT2D eigenvalue weighted by Gasteiger charge is 2.42. The van der Waals surface area contributed by atoms with Crippen LogP contribution in [-0.2, 0) is 9.59 Å². The molecular weight excluding hydrogens is 1090 g/mol. The Kier molecular flexibility index (Phi) is 21.7. The van der Waals surface area contributed by atoms with E-state index < -0.39 is 17.9 Å². The third kappa shape index (κ3) is 16.7. The molecule has 8 rings (SSSR count). The van der Waals surface area contributed by atoms with Gasteiger partial charge in [0, 0.05) is 108 Å². The summed E-state index contributed by atoms with van der Waals surface area (Å²) in [6, 6.07) is 29.3. The maximum Gasteiger partial charge on any atom is 0.315 e. The van der Waals surface area contributed by atoms with Crippen LogP contribution in [0.4, 0.5) is 16.2 Å². The van der Waals surface area contributed by atoms with Gasteiger partial charge in [-0.25, -0.2) is 9.37 Å².